The van der Waals surface area contributed by atoms with E-state index in [4.69, 9.17) is 16.3 Å². The summed E-state index contributed by atoms with van der Waals surface area (Å²) in [5, 5.41) is 0.701. The lowest BCUT2D eigenvalue weighted by Gasteiger charge is -2.37. The van der Waals surface area contributed by atoms with Crippen LogP contribution in [0.1, 0.15) is 39.7 Å². The minimum Gasteiger partial charge on any atom is -0.463 e. The fourth-order valence-electron chi connectivity index (χ4n) is 2.75. The zero-order valence-electron chi connectivity index (χ0n) is 15.3. The van der Waals surface area contributed by atoms with E-state index >= 15 is 0 Å². The Labute approximate surface area is 157 Å². The maximum absolute atomic E-state index is 13.0. The summed E-state index contributed by atoms with van der Waals surface area (Å²) in [7, 11) is -1.21. The Morgan fingerprint density at radius 3 is 2.52 bits per heavy atom. The number of ether oxygens (including phenoxy) is 1. The molecule has 6 heteroatoms. The second-order valence-electron chi connectivity index (χ2n) is 7.11. The van der Waals surface area contributed by atoms with E-state index in [-0.39, 0.29) is 12.0 Å². The van der Waals surface area contributed by atoms with Gasteiger partial charge in [-0.2, -0.15) is 0 Å². The Morgan fingerprint density at radius 1 is 1.32 bits per heavy atom. The number of benzene rings is 1. The average molecular weight is 384 g/mol. The molecule has 1 aromatic carbocycles. The number of nitrogens with zero attached hydrogens (tertiary/aromatic N) is 1. The lowest BCUT2D eigenvalue weighted by molar-refractivity contribution is -0.138. The molecule has 1 aliphatic rings. The molecule has 2 rings (SSSR count). The molecule has 0 fully saturated rings. The molecule has 25 heavy (non-hydrogen) atoms. The maximum atomic E-state index is 13.0. The van der Waals surface area contributed by atoms with Crippen LogP contribution in [0.5, 0.6) is 0 Å². The molecule has 1 heterocycles. The summed E-state index contributed by atoms with van der Waals surface area (Å²) in [5.41, 5.74) is 1.73. The van der Waals surface area contributed by atoms with Crippen LogP contribution in [0.4, 0.5) is 0 Å². The first-order valence-corrected chi connectivity index (χ1v) is 10.00. The van der Waals surface area contributed by atoms with Crippen molar-refractivity contribution in [3.8, 4) is 0 Å². The van der Waals surface area contributed by atoms with Crippen molar-refractivity contribution in [3.05, 3.63) is 46.5 Å². The van der Waals surface area contributed by atoms with Gasteiger partial charge in [0, 0.05) is 23.2 Å². The molecular formula is C19H26ClNO3S. The first kappa shape index (κ1) is 20.1. The highest BCUT2D eigenvalue weighted by atomic mass is 35.5. The van der Waals surface area contributed by atoms with Crippen LogP contribution in [0.15, 0.2) is 35.9 Å². The van der Waals surface area contributed by atoms with Gasteiger partial charge in [-0.3, -0.25) is 0 Å². The first-order valence-electron chi connectivity index (χ1n) is 8.51. The van der Waals surface area contributed by atoms with E-state index in [0.717, 1.165) is 12.0 Å². The van der Waals surface area contributed by atoms with E-state index in [1.165, 1.54) is 0 Å². The predicted octanol–water partition coefficient (Wildman–Crippen LogP) is 3.91. The minimum absolute atomic E-state index is 0.0689. The topological polar surface area (TPSA) is 46.6 Å². The van der Waals surface area contributed by atoms with Gasteiger partial charge in [0.2, 0.25) is 0 Å². The second-order valence-corrected chi connectivity index (χ2v) is 9.74. The van der Waals surface area contributed by atoms with Gasteiger partial charge in [-0.15, -0.1) is 0 Å². The van der Waals surface area contributed by atoms with Crippen molar-refractivity contribution in [2.75, 3.05) is 13.2 Å². The Hall–Kier alpha value is -1.17. The Balaban J connectivity index is 2.24. The van der Waals surface area contributed by atoms with Crippen LogP contribution in [0.3, 0.4) is 0 Å². The summed E-state index contributed by atoms with van der Waals surface area (Å²) < 4.78 is 19.7. The van der Waals surface area contributed by atoms with Crippen molar-refractivity contribution >= 4 is 28.6 Å². The summed E-state index contributed by atoms with van der Waals surface area (Å²) in [4.78, 5) is 12.1. The van der Waals surface area contributed by atoms with Gasteiger partial charge in [-0.05, 0) is 58.2 Å². The number of hydrogen-bond acceptors (Lipinski definition) is 3. The molecule has 0 aliphatic carbocycles. The first-order chi connectivity index (χ1) is 11.7. The SMILES string of the molecule is CCOC(=O)C1=CCC(Cc2ccc(Cl)cc2)N(S(=O)C(C)(C)C)C1. The van der Waals surface area contributed by atoms with Crippen LogP contribution in [0, 0.1) is 0 Å². The van der Waals surface area contributed by atoms with Gasteiger partial charge >= 0.3 is 5.97 Å². The molecule has 0 amide bonds. The lowest BCUT2D eigenvalue weighted by Crippen LogP contribution is -2.48. The van der Waals surface area contributed by atoms with Crippen molar-refractivity contribution in [1.29, 1.82) is 0 Å². The van der Waals surface area contributed by atoms with E-state index in [1.54, 1.807) is 6.92 Å². The summed E-state index contributed by atoms with van der Waals surface area (Å²) in [5.74, 6) is -0.316. The van der Waals surface area contributed by atoms with Gasteiger partial charge in [-0.1, -0.05) is 29.8 Å². The molecule has 0 N–H and O–H groups in total. The highest BCUT2D eigenvalue weighted by Gasteiger charge is 2.35. The average Bonchev–Trinajstić information content (AvgIpc) is 2.56. The van der Waals surface area contributed by atoms with Crippen LogP contribution < -0.4 is 0 Å². The number of halogens is 1. The van der Waals surface area contributed by atoms with Crippen LogP contribution in [-0.2, 0) is 26.9 Å². The quantitative estimate of drug-likeness (QED) is 0.724. The standard InChI is InChI=1S/C19H26ClNO3S/c1-5-24-18(22)15-8-11-17(12-14-6-9-16(20)10-7-14)21(13-15)25(23)19(2,3)4/h6-10,17H,5,11-13H2,1-4H3. The van der Waals surface area contributed by atoms with Crippen molar-refractivity contribution in [2.45, 2.75) is 51.3 Å². The van der Waals surface area contributed by atoms with Gasteiger partial charge < -0.3 is 4.74 Å². The summed E-state index contributed by atoms with van der Waals surface area (Å²) in [6.07, 6.45) is 3.35. The second kappa shape index (κ2) is 8.47. The smallest absolute Gasteiger partial charge is 0.335 e. The molecule has 0 bridgehead atoms. The van der Waals surface area contributed by atoms with Gasteiger partial charge in [0.15, 0.2) is 0 Å². The Bertz CT molecular complexity index is 664. The highest BCUT2D eigenvalue weighted by Crippen LogP contribution is 2.27. The molecule has 4 nitrogen and oxygen atoms in total. The van der Waals surface area contributed by atoms with Crippen molar-refractivity contribution in [3.63, 3.8) is 0 Å². The number of carbonyl (C=O) groups excluding carboxylic acids is 1. The van der Waals surface area contributed by atoms with Crippen molar-refractivity contribution in [1.82, 2.24) is 4.31 Å². The molecule has 0 aromatic heterocycles. The third-order valence-corrected chi connectivity index (χ3v) is 6.18. The lowest BCUT2D eigenvalue weighted by atomic mass is 9.98. The molecule has 2 atom stereocenters. The van der Waals surface area contributed by atoms with Crippen LogP contribution in [0.25, 0.3) is 0 Å². The van der Waals surface area contributed by atoms with Gasteiger partial charge in [-0.25, -0.2) is 13.3 Å². The zero-order chi connectivity index (χ0) is 18.6. The monoisotopic (exact) mass is 383 g/mol. The molecule has 1 aromatic rings. The van der Waals surface area contributed by atoms with Gasteiger partial charge in [0.25, 0.3) is 0 Å². The molecule has 0 spiro atoms. The van der Waals surface area contributed by atoms with E-state index in [0.29, 0.717) is 30.2 Å². The molecule has 0 saturated heterocycles. The molecule has 0 radical (unpaired) electrons. The number of carbonyl (C=O) groups is 1. The van der Waals surface area contributed by atoms with Crippen LogP contribution >= 0.6 is 11.6 Å². The zero-order valence-corrected chi connectivity index (χ0v) is 16.8. The summed E-state index contributed by atoms with van der Waals surface area (Å²) in [6.45, 7) is 8.32. The highest BCUT2D eigenvalue weighted by molar-refractivity contribution is 7.84. The largest absolute Gasteiger partial charge is 0.463 e. The number of esters is 1. The van der Waals surface area contributed by atoms with Gasteiger partial charge in [0.05, 0.1) is 11.4 Å². The van der Waals surface area contributed by atoms with Crippen LogP contribution in [0.2, 0.25) is 5.02 Å². The van der Waals surface area contributed by atoms with Crippen LogP contribution in [-0.4, -0.2) is 38.4 Å². The Morgan fingerprint density at radius 2 is 1.96 bits per heavy atom. The molecule has 2 unspecified atom stereocenters. The fourth-order valence-corrected chi connectivity index (χ4v) is 4.27. The third kappa shape index (κ3) is 5.40. The normalized spacial score (nSPS) is 20.0. The fraction of sp³-hybridized carbons (Fsp3) is 0.526. The summed E-state index contributed by atoms with van der Waals surface area (Å²) >= 11 is 5.96. The van der Waals surface area contributed by atoms with E-state index in [9.17, 15) is 9.00 Å². The van der Waals surface area contributed by atoms with E-state index < -0.39 is 15.7 Å². The summed E-state index contributed by atoms with van der Waals surface area (Å²) in [6, 6.07) is 7.78. The molecular weight excluding hydrogens is 358 g/mol. The molecule has 1 aliphatic heterocycles. The predicted molar refractivity (Wildman–Crippen MR) is 103 cm³/mol. The molecule has 0 saturated carbocycles. The number of hydrogen-bond donors (Lipinski definition) is 0. The minimum atomic E-state index is -1.21. The maximum Gasteiger partial charge on any atom is 0.335 e. The number of rotatable bonds is 5. The van der Waals surface area contributed by atoms with Gasteiger partial charge in [0.1, 0.15) is 11.0 Å². The van der Waals surface area contributed by atoms with Crippen molar-refractivity contribution < 1.29 is 13.7 Å². The van der Waals surface area contributed by atoms with E-state index in [2.05, 4.69) is 0 Å². The third-order valence-electron chi connectivity index (χ3n) is 4.03. The van der Waals surface area contributed by atoms with E-state index in [1.807, 2.05) is 55.4 Å². The van der Waals surface area contributed by atoms with Crippen molar-refractivity contribution in [2.24, 2.45) is 0 Å². The Kier molecular flexibility index (Phi) is 6.83. The molecule has 138 valence electrons.